The molecule has 1 aliphatic heterocycles. The average molecular weight is 414 g/mol. The van der Waals surface area contributed by atoms with Gasteiger partial charge in [0.2, 0.25) is 5.91 Å². The van der Waals surface area contributed by atoms with Crippen molar-refractivity contribution in [1.29, 1.82) is 0 Å². The molecule has 0 aromatic carbocycles. The van der Waals surface area contributed by atoms with Crippen LogP contribution in [0.5, 0.6) is 0 Å². The van der Waals surface area contributed by atoms with Crippen molar-refractivity contribution in [2.45, 2.75) is 71.1 Å². The summed E-state index contributed by atoms with van der Waals surface area (Å²) < 4.78 is 0. The predicted molar refractivity (Wildman–Crippen MR) is 117 cm³/mol. The molecule has 156 valence electrons. The van der Waals surface area contributed by atoms with E-state index >= 15 is 0 Å². The first-order valence-electron chi connectivity index (χ1n) is 10.9. The zero-order chi connectivity index (χ0) is 20.2. The summed E-state index contributed by atoms with van der Waals surface area (Å²) in [6.45, 7) is 5.66. The van der Waals surface area contributed by atoms with Crippen LogP contribution < -0.4 is 5.32 Å². The number of amides is 1. The predicted octanol–water partition coefficient (Wildman–Crippen LogP) is 4.97. The number of rotatable bonds is 5. The van der Waals surface area contributed by atoms with E-state index in [2.05, 4.69) is 20.2 Å². The minimum Gasteiger partial charge on any atom is -0.343 e. The van der Waals surface area contributed by atoms with Gasteiger partial charge in [-0.2, -0.15) is 0 Å². The lowest BCUT2D eigenvalue weighted by atomic mass is 9.86. The Balaban J connectivity index is 1.34. The number of nitrogens with zero attached hydrogens (tertiary/aromatic N) is 4. The highest BCUT2D eigenvalue weighted by molar-refractivity contribution is 7.15. The van der Waals surface area contributed by atoms with Crippen molar-refractivity contribution in [3.05, 3.63) is 28.7 Å². The maximum Gasteiger partial charge on any atom is 0.222 e. The summed E-state index contributed by atoms with van der Waals surface area (Å²) in [5.41, 5.74) is 1.08. The maximum atomic E-state index is 12.7. The number of nitrogens with one attached hydrogen (secondary N) is 1. The summed E-state index contributed by atoms with van der Waals surface area (Å²) in [5.74, 6) is 2.93. The Morgan fingerprint density at radius 3 is 2.59 bits per heavy atom. The molecule has 7 heteroatoms. The molecule has 4 rings (SSSR count). The van der Waals surface area contributed by atoms with E-state index in [0.29, 0.717) is 17.7 Å². The number of piperidine rings is 1. The quantitative estimate of drug-likeness (QED) is 0.749. The highest BCUT2D eigenvalue weighted by Crippen LogP contribution is 2.31. The Morgan fingerprint density at radius 2 is 1.90 bits per heavy atom. The number of carbonyl (C=O) groups is 1. The molecular formula is C22H31N5OS. The molecule has 0 unspecified atom stereocenters. The first-order chi connectivity index (χ1) is 14.1. The molecule has 6 nitrogen and oxygen atoms in total. The van der Waals surface area contributed by atoms with E-state index in [4.69, 9.17) is 4.98 Å². The summed E-state index contributed by atoms with van der Waals surface area (Å²) in [6.07, 6.45) is 11.0. The molecule has 2 aromatic rings. The lowest BCUT2D eigenvalue weighted by Gasteiger charge is -2.33. The topological polar surface area (TPSA) is 71.0 Å². The Kier molecular flexibility index (Phi) is 6.43. The van der Waals surface area contributed by atoms with Crippen LogP contribution in [0.25, 0.3) is 0 Å². The van der Waals surface area contributed by atoms with Gasteiger partial charge in [0.15, 0.2) is 5.13 Å². The highest BCUT2D eigenvalue weighted by atomic mass is 32.1. The lowest BCUT2D eigenvalue weighted by Crippen LogP contribution is -2.39. The largest absolute Gasteiger partial charge is 0.343 e. The molecule has 29 heavy (non-hydrogen) atoms. The molecule has 3 heterocycles. The van der Waals surface area contributed by atoms with Gasteiger partial charge in [-0.25, -0.2) is 15.0 Å². The minimum absolute atomic E-state index is 0.357. The van der Waals surface area contributed by atoms with E-state index < -0.39 is 0 Å². The van der Waals surface area contributed by atoms with E-state index in [1.165, 1.54) is 37.0 Å². The van der Waals surface area contributed by atoms with Crippen LogP contribution in [0.4, 0.5) is 10.9 Å². The molecule has 1 saturated carbocycles. The van der Waals surface area contributed by atoms with E-state index in [9.17, 15) is 4.79 Å². The van der Waals surface area contributed by atoms with Gasteiger partial charge >= 0.3 is 0 Å². The zero-order valence-corrected chi connectivity index (χ0v) is 18.3. The first kappa shape index (κ1) is 20.3. The van der Waals surface area contributed by atoms with Crippen LogP contribution in [0.1, 0.15) is 73.7 Å². The van der Waals surface area contributed by atoms with E-state index in [1.807, 2.05) is 26.1 Å². The fourth-order valence-electron chi connectivity index (χ4n) is 4.58. The highest BCUT2D eigenvalue weighted by Gasteiger charge is 2.27. The van der Waals surface area contributed by atoms with Crippen LogP contribution in [0.15, 0.2) is 12.3 Å². The summed E-state index contributed by atoms with van der Waals surface area (Å²) in [7, 11) is 0. The number of carbonyl (C=O) groups excluding carboxylic acids is 1. The van der Waals surface area contributed by atoms with E-state index in [1.54, 1.807) is 11.3 Å². The molecule has 0 spiro atoms. The van der Waals surface area contributed by atoms with Gasteiger partial charge in [-0.05, 0) is 45.4 Å². The summed E-state index contributed by atoms with van der Waals surface area (Å²) >= 11 is 1.62. The molecule has 0 radical (unpaired) electrons. The number of aryl methyl sites for hydroxylation is 2. The fraction of sp³-hybridized carbons (Fsp3) is 0.636. The normalized spacial score (nSPS) is 18.8. The van der Waals surface area contributed by atoms with E-state index in [-0.39, 0.29) is 0 Å². The van der Waals surface area contributed by atoms with Crippen molar-refractivity contribution in [3.63, 3.8) is 0 Å². The number of thiazole rings is 1. The third kappa shape index (κ3) is 5.32. The molecule has 1 N–H and O–H groups in total. The van der Waals surface area contributed by atoms with Crippen molar-refractivity contribution in [3.8, 4) is 0 Å². The van der Waals surface area contributed by atoms with Crippen LogP contribution >= 0.6 is 11.3 Å². The second kappa shape index (κ2) is 9.20. The molecule has 1 aliphatic carbocycles. The van der Waals surface area contributed by atoms with Gasteiger partial charge in [-0.15, -0.1) is 11.3 Å². The molecule has 2 fully saturated rings. The summed E-state index contributed by atoms with van der Waals surface area (Å²) in [5, 5.41) is 4.17. The number of likely N-dealkylation sites (tertiary alicyclic amines) is 1. The number of hydrogen-bond donors (Lipinski definition) is 1. The molecule has 2 aliphatic rings. The summed E-state index contributed by atoms with van der Waals surface area (Å²) in [6, 6.07) is 2.05. The SMILES string of the molecule is Cc1nc(Nc2ncc(C)s2)cc(C2CCN(C(=O)CC3CCCCC3)CC2)n1. The van der Waals surface area contributed by atoms with Crippen LogP contribution in [-0.4, -0.2) is 38.8 Å². The van der Waals surface area contributed by atoms with Crippen LogP contribution in [-0.2, 0) is 4.79 Å². The number of anilines is 2. The molecule has 1 amide bonds. The Labute approximate surface area is 177 Å². The second-order valence-corrected chi connectivity index (χ2v) is 9.72. The van der Waals surface area contributed by atoms with Gasteiger partial charge < -0.3 is 10.2 Å². The van der Waals surface area contributed by atoms with Gasteiger partial charge in [-0.1, -0.05) is 19.3 Å². The van der Waals surface area contributed by atoms with Crippen molar-refractivity contribution in [2.24, 2.45) is 5.92 Å². The first-order valence-corrected chi connectivity index (χ1v) is 11.7. The second-order valence-electron chi connectivity index (χ2n) is 8.49. The van der Waals surface area contributed by atoms with Crippen molar-refractivity contribution in [2.75, 3.05) is 18.4 Å². The smallest absolute Gasteiger partial charge is 0.222 e. The molecular weight excluding hydrogens is 382 g/mol. The van der Waals surface area contributed by atoms with Crippen molar-refractivity contribution >= 4 is 28.2 Å². The Hall–Kier alpha value is -2.02. The third-order valence-electron chi connectivity index (χ3n) is 6.17. The Bertz CT molecular complexity index is 837. The fourth-order valence-corrected chi connectivity index (χ4v) is 5.25. The van der Waals surface area contributed by atoms with Crippen LogP contribution in [0.2, 0.25) is 0 Å². The van der Waals surface area contributed by atoms with Crippen LogP contribution in [0.3, 0.4) is 0 Å². The standard InChI is InChI=1S/C22H31N5OS/c1-15-14-23-22(29-15)26-20-13-19(24-16(2)25-20)18-8-10-27(11-9-18)21(28)12-17-6-4-3-5-7-17/h13-14,17-18H,3-12H2,1-2H3,(H,23,24,25,26). The number of aromatic nitrogens is 3. The van der Waals surface area contributed by atoms with Gasteiger partial charge in [-0.3, -0.25) is 4.79 Å². The van der Waals surface area contributed by atoms with Crippen molar-refractivity contribution < 1.29 is 4.79 Å². The van der Waals surface area contributed by atoms with E-state index in [0.717, 1.165) is 54.8 Å². The van der Waals surface area contributed by atoms with Gasteiger partial charge in [0.25, 0.3) is 0 Å². The average Bonchev–Trinajstić information content (AvgIpc) is 3.13. The van der Waals surface area contributed by atoms with Gasteiger partial charge in [0.05, 0.1) is 0 Å². The lowest BCUT2D eigenvalue weighted by molar-refractivity contribution is -0.133. The van der Waals surface area contributed by atoms with Gasteiger partial charge in [0, 0.05) is 48.3 Å². The molecule has 2 aromatic heterocycles. The third-order valence-corrected chi connectivity index (χ3v) is 7.00. The van der Waals surface area contributed by atoms with Crippen LogP contribution in [0, 0.1) is 19.8 Å². The summed E-state index contributed by atoms with van der Waals surface area (Å²) in [4.78, 5) is 29.5. The number of hydrogen-bond acceptors (Lipinski definition) is 6. The molecule has 0 atom stereocenters. The molecule has 1 saturated heterocycles. The van der Waals surface area contributed by atoms with Gasteiger partial charge in [0.1, 0.15) is 11.6 Å². The monoisotopic (exact) mass is 413 g/mol. The minimum atomic E-state index is 0.357. The molecule has 0 bridgehead atoms. The zero-order valence-electron chi connectivity index (χ0n) is 17.5. The van der Waals surface area contributed by atoms with Crippen molar-refractivity contribution in [1.82, 2.24) is 19.9 Å². The Morgan fingerprint density at radius 1 is 1.14 bits per heavy atom. The maximum absolute atomic E-state index is 12.7.